The highest BCUT2D eigenvalue weighted by atomic mass is 16.1. The number of nitrogens with zero attached hydrogens (tertiary/aromatic N) is 3. The Balaban J connectivity index is 1.41. The molecule has 1 saturated carbocycles. The van der Waals surface area contributed by atoms with Gasteiger partial charge < -0.3 is 21.7 Å². The van der Waals surface area contributed by atoms with Crippen molar-refractivity contribution in [3.8, 4) is 0 Å². The molecule has 1 fully saturated rings. The molecular weight excluding hydrogens is 450 g/mol. The highest BCUT2D eigenvalue weighted by Crippen LogP contribution is 2.36. The average molecular weight is 484 g/mol. The zero-order valence-corrected chi connectivity index (χ0v) is 20.7. The summed E-state index contributed by atoms with van der Waals surface area (Å²) in [6, 6.07) is 17.6. The lowest BCUT2D eigenvalue weighted by Crippen LogP contribution is -2.33. The number of amides is 1. The van der Waals surface area contributed by atoms with Gasteiger partial charge >= 0.3 is 0 Å². The van der Waals surface area contributed by atoms with E-state index in [9.17, 15) is 4.79 Å². The second kappa shape index (κ2) is 10.4. The van der Waals surface area contributed by atoms with Crippen LogP contribution >= 0.6 is 0 Å². The predicted molar refractivity (Wildman–Crippen MR) is 145 cm³/mol. The third-order valence-corrected chi connectivity index (χ3v) is 6.72. The molecule has 0 spiro atoms. The number of hydrogen-bond donors (Lipinski definition) is 4. The van der Waals surface area contributed by atoms with Crippen LogP contribution in [0.4, 0.5) is 22.9 Å². The lowest BCUT2D eigenvalue weighted by Gasteiger charge is -2.29. The van der Waals surface area contributed by atoms with E-state index in [1.807, 2.05) is 65.3 Å². The Bertz CT molecular complexity index is 1320. The maximum atomic E-state index is 12.7. The number of benzene rings is 2. The van der Waals surface area contributed by atoms with Crippen molar-refractivity contribution < 1.29 is 4.79 Å². The van der Waals surface area contributed by atoms with Crippen LogP contribution in [0, 0.1) is 0 Å². The van der Waals surface area contributed by atoms with Gasteiger partial charge in [0.05, 0.1) is 5.69 Å². The van der Waals surface area contributed by atoms with Gasteiger partial charge in [-0.1, -0.05) is 32.0 Å². The Hall–Kier alpha value is -3.91. The molecule has 1 amide bonds. The van der Waals surface area contributed by atoms with Crippen molar-refractivity contribution in [1.82, 2.24) is 14.6 Å². The monoisotopic (exact) mass is 483 g/mol. The summed E-state index contributed by atoms with van der Waals surface area (Å²) in [4.78, 5) is 17.2. The number of imidazole rings is 1. The van der Waals surface area contributed by atoms with E-state index in [1.165, 1.54) is 0 Å². The van der Waals surface area contributed by atoms with Crippen molar-refractivity contribution in [3.05, 3.63) is 78.1 Å². The first-order chi connectivity index (χ1) is 17.5. The van der Waals surface area contributed by atoms with Gasteiger partial charge in [0, 0.05) is 47.0 Å². The molecule has 0 atom stereocenters. The van der Waals surface area contributed by atoms with Crippen molar-refractivity contribution in [1.29, 1.82) is 0 Å². The van der Waals surface area contributed by atoms with E-state index in [1.54, 1.807) is 6.20 Å². The number of carbonyl (C=O) groups is 1. The van der Waals surface area contributed by atoms with E-state index in [-0.39, 0.29) is 11.8 Å². The van der Waals surface area contributed by atoms with Gasteiger partial charge in [0.15, 0.2) is 11.5 Å². The molecule has 0 bridgehead atoms. The fourth-order valence-electron chi connectivity index (χ4n) is 4.78. The Morgan fingerprint density at radius 2 is 1.72 bits per heavy atom. The third kappa shape index (κ3) is 5.18. The number of fused-ring (bicyclic) bond motifs is 1. The first-order valence-electron chi connectivity index (χ1n) is 12.6. The van der Waals surface area contributed by atoms with Crippen LogP contribution in [0.2, 0.25) is 0 Å². The minimum atomic E-state index is -0.145. The molecule has 2 aromatic carbocycles. The second-order valence-corrected chi connectivity index (χ2v) is 9.77. The number of hydrogen-bond acceptors (Lipinski definition) is 6. The van der Waals surface area contributed by atoms with Gasteiger partial charge in [0.2, 0.25) is 0 Å². The van der Waals surface area contributed by atoms with Crippen molar-refractivity contribution >= 4 is 34.4 Å². The zero-order valence-electron chi connectivity index (χ0n) is 20.7. The van der Waals surface area contributed by atoms with Gasteiger partial charge in [0.25, 0.3) is 5.91 Å². The van der Waals surface area contributed by atoms with Crippen molar-refractivity contribution in [2.75, 3.05) is 16.0 Å². The average Bonchev–Trinajstić information content (AvgIpc) is 3.35. The SMILES string of the molecule is CC(C)c1c(NC2CCC(N)CC2)nn2ccnc2c1Nc1ccc(C(=O)Nc2ccccc2)cc1. The largest absolute Gasteiger partial charge is 0.366 e. The normalized spacial score (nSPS) is 17.8. The van der Waals surface area contributed by atoms with Crippen molar-refractivity contribution in [2.45, 2.75) is 57.5 Å². The lowest BCUT2D eigenvalue weighted by molar-refractivity contribution is 0.102. The summed E-state index contributed by atoms with van der Waals surface area (Å²) in [7, 11) is 0. The summed E-state index contributed by atoms with van der Waals surface area (Å²) >= 11 is 0. The van der Waals surface area contributed by atoms with E-state index >= 15 is 0 Å². The molecule has 0 saturated heterocycles. The number of anilines is 4. The van der Waals surface area contributed by atoms with Crippen LogP contribution in [0.25, 0.3) is 5.65 Å². The Labute approximate surface area is 211 Å². The molecule has 186 valence electrons. The summed E-state index contributed by atoms with van der Waals surface area (Å²) in [5, 5.41) is 15.1. The van der Waals surface area contributed by atoms with Gasteiger partial charge in [-0.05, 0) is 68.0 Å². The van der Waals surface area contributed by atoms with E-state index in [0.29, 0.717) is 17.6 Å². The highest BCUT2D eigenvalue weighted by molar-refractivity contribution is 6.04. The van der Waals surface area contributed by atoms with Crippen molar-refractivity contribution in [2.24, 2.45) is 5.73 Å². The standard InChI is InChI=1S/C28H33N7O/c1-18(2)24-25(27-30-16-17-35(27)34-26(24)32-23-14-10-20(29)11-15-23)31-22-12-8-19(9-13-22)28(36)33-21-6-4-3-5-7-21/h3-9,12-13,16-18,20,23,31H,10-11,14-15,29H2,1-2H3,(H,32,34)(H,33,36). The molecule has 2 heterocycles. The van der Waals surface area contributed by atoms with E-state index in [2.05, 4.69) is 34.8 Å². The lowest BCUT2D eigenvalue weighted by atomic mass is 9.91. The Morgan fingerprint density at radius 3 is 2.42 bits per heavy atom. The van der Waals surface area contributed by atoms with Crippen LogP contribution in [-0.2, 0) is 0 Å². The molecular formula is C28H33N7O. The molecule has 0 unspecified atom stereocenters. The van der Waals surface area contributed by atoms with E-state index < -0.39 is 0 Å². The molecule has 0 aliphatic heterocycles. The minimum Gasteiger partial charge on any atom is -0.366 e. The fraction of sp³-hybridized carbons (Fsp3) is 0.321. The molecule has 2 aromatic heterocycles. The van der Waals surface area contributed by atoms with E-state index in [0.717, 1.165) is 59.8 Å². The maximum absolute atomic E-state index is 12.7. The van der Waals surface area contributed by atoms with Gasteiger partial charge in [-0.2, -0.15) is 0 Å². The first kappa shape index (κ1) is 23.8. The van der Waals surface area contributed by atoms with Gasteiger partial charge in [-0.15, -0.1) is 5.10 Å². The number of carbonyl (C=O) groups excluding carboxylic acids is 1. The molecule has 8 nitrogen and oxygen atoms in total. The molecule has 5 rings (SSSR count). The molecule has 1 aliphatic carbocycles. The quantitative estimate of drug-likeness (QED) is 0.275. The maximum Gasteiger partial charge on any atom is 0.255 e. The van der Waals surface area contributed by atoms with Crippen LogP contribution in [0.1, 0.15) is 61.4 Å². The smallest absolute Gasteiger partial charge is 0.255 e. The highest BCUT2D eigenvalue weighted by Gasteiger charge is 2.24. The molecule has 4 aromatic rings. The van der Waals surface area contributed by atoms with E-state index in [4.69, 9.17) is 10.8 Å². The summed E-state index contributed by atoms with van der Waals surface area (Å²) in [5.41, 5.74) is 11.1. The Kier molecular flexibility index (Phi) is 6.86. The third-order valence-electron chi connectivity index (χ3n) is 6.72. The summed E-state index contributed by atoms with van der Waals surface area (Å²) in [6.07, 6.45) is 7.76. The van der Waals surface area contributed by atoms with Crippen LogP contribution in [0.5, 0.6) is 0 Å². The summed E-state index contributed by atoms with van der Waals surface area (Å²) in [6.45, 7) is 4.33. The number of aromatic nitrogens is 3. The number of para-hydroxylation sites is 1. The number of nitrogens with two attached hydrogens (primary N) is 1. The Morgan fingerprint density at radius 1 is 1.00 bits per heavy atom. The van der Waals surface area contributed by atoms with Crippen LogP contribution in [-0.4, -0.2) is 32.6 Å². The van der Waals surface area contributed by atoms with Crippen LogP contribution < -0.4 is 21.7 Å². The van der Waals surface area contributed by atoms with Gasteiger partial charge in [-0.25, -0.2) is 9.50 Å². The van der Waals surface area contributed by atoms with Gasteiger partial charge in [-0.3, -0.25) is 4.79 Å². The van der Waals surface area contributed by atoms with Crippen molar-refractivity contribution in [3.63, 3.8) is 0 Å². The topological polar surface area (TPSA) is 109 Å². The molecule has 1 aliphatic rings. The van der Waals surface area contributed by atoms with Crippen LogP contribution in [0.3, 0.4) is 0 Å². The second-order valence-electron chi connectivity index (χ2n) is 9.77. The number of nitrogens with one attached hydrogen (secondary N) is 3. The van der Waals surface area contributed by atoms with Crippen LogP contribution in [0.15, 0.2) is 67.0 Å². The molecule has 36 heavy (non-hydrogen) atoms. The predicted octanol–water partition coefficient (Wildman–Crippen LogP) is 5.53. The summed E-state index contributed by atoms with van der Waals surface area (Å²) < 4.78 is 1.81. The summed E-state index contributed by atoms with van der Waals surface area (Å²) in [5.74, 6) is 0.942. The number of rotatable bonds is 7. The van der Waals surface area contributed by atoms with Gasteiger partial charge in [0.1, 0.15) is 0 Å². The fourth-order valence-corrected chi connectivity index (χ4v) is 4.78. The molecule has 0 radical (unpaired) electrons. The zero-order chi connectivity index (χ0) is 25.1. The molecule has 5 N–H and O–H groups in total. The molecule has 8 heteroatoms. The first-order valence-corrected chi connectivity index (χ1v) is 12.6. The minimum absolute atomic E-state index is 0.145.